The van der Waals surface area contributed by atoms with Gasteiger partial charge in [0.15, 0.2) is 0 Å². The predicted molar refractivity (Wildman–Crippen MR) is 72.1 cm³/mol. The van der Waals surface area contributed by atoms with Gasteiger partial charge >= 0.3 is 7.12 Å². The van der Waals surface area contributed by atoms with Crippen LogP contribution in [-0.2, 0) is 9.31 Å². The van der Waals surface area contributed by atoms with Crippen LogP contribution in [0.15, 0.2) is 39.8 Å². The van der Waals surface area contributed by atoms with Crippen molar-refractivity contribution >= 4 is 12.8 Å². The van der Waals surface area contributed by atoms with Crippen molar-refractivity contribution in [3.05, 3.63) is 30.9 Å². The molecule has 3 rings (SSSR count). The SMILES string of the molecule is CC1(C)OB(c2cc(-c3ccoc3)co2)OC1(C)C. The van der Waals surface area contributed by atoms with Gasteiger partial charge in [-0.2, -0.15) is 0 Å². The van der Waals surface area contributed by atoms with Crippen molar-refractivity contribution in [2.75, 3.05) is 0 Å². The highest BCUT2D eigenvalue weighted by Gasteiger charge is 2.53. The van der Waals surface area contributed by atoms with Crippen LogP contribution in [0.4, 0.5) is 0 Å². The minimum absolute atomic E-state index is 0.361. The van der Waals surface area contributed by atoms with Gasteiger partial charge in [-0.3, -0.25) is 0 Å². The summed E-state index contributed by atoms with van der Waals surface area (Å²) in [4.78, 5) is 0. The molecule has 0 spiro atoms. The van der Waals surface area contributed by atoms with Gasteiger partial charge in [0.05, 0.1) is 30.0 Å². The van der Waals surface area contributed by atoms with Crippen LogP contribution in [0, 0.1) is 0 Å². The first-order chi connectivity index (χ1) is 8.89. The molecule has 0 N–H and O–H groups in total. The summed E-state index contributed by atoms with van der Waals surface area (Å²) in [6, 6.07) is 3.81. The lowest BCUT2D eigenvalue weighted by Crippen LogP contribution is -2.41. The van der Waals surface area contributed by atoms with E-state index in [0.717, 1.165) is 11.1 Å². The van der Waals surface area contributed by atoms with Crippen molar-refractivity contribution in [3.63, 3.8) is 0 Å². The topological polar surface area (TPSA) is 44.7 Å². The molecule has 1 saturated heterocycles. The molecule has 4 nitrogen and oxygen atoms in total. The minimum atomic E-state index is -0.467. The molecule has 0 aromatic carbocycles. The van der Waals surface area contributed by atoms with E-state index in [1.165, 1.54) is 0 Å². The zero-order valence-electron chi connectivity index (χ0n) is 11.6. The highest BCUT2D eigenvalue weighted by Crippen LogP contribution is 2.36. The maximum atomic E-state index is 5.94. The Labute approximate surface area is 112 Å². The predicted octanol–water partition coefficient (Wildman–Crippen LogP) is 2.84. The molecule has 100 valence electrons. The van der Waals surface area contributed by atoms with Gasteiger partial charge in [-0.05, 0) is 39.8 Å². The fourth-order valence-corrected chi connectivity index (χ4v) is 2.02. The molecule has 19 heavy (non-hydrogen) atoms. The van der Waals surface area contributed by atoms with Crippen molar-refractivity contribution in [1.29, 1.82) is 0 Å². The molecular formula is C14H17BO4. The first-order valence-electron chi connectivity index (χ1n) is 6.36. The Morgan fingerprint density at radius 3 is 2.21 bits per heavy atom. The summed E-state index contributed by atoms with van der Waals surface area (Å²) in [5.74, 6) is 0. The quantitative estimate of drug-likeness (QED) is 0.779. The van der Waals surface area contributed by atoms with Crippen LogP contribution in [0.2, 0.25) is 0 Å². The fraction of sp³-hybridized carbons (Fsp3) is 0.429. The van der Waals surface area contributed by atoms with E-state index in [0.29, 0.717) is 5.66 Å². The smallest absolute Gasteiger partial charge is 0.472 e. The van der Waals surface area contributed by atoms with Gasteiger partial charge in [0.1, 0.15) is 5.66 Å². The van der Waals surface area contributed by atoms with Gasteiger partial charge in [0.2, 0.25) is 0 Å². The molecule has 1 fully saturated rings. The van der Waals surface area contributed by atoms with Gasteiger partial charge < -0.3 is 18.1 Å². The lowest BCUT2D eigenvalue weighted by Gasteiger charge is -2.32. The van der Waals surface area contributed by atoms with Crippen LogP contribution in [-0.4, -0.2) is 18.3 Å². The molecule has 3 heterocycles. The molecule has 0 amide bonds. The van der Waals surface area contributed by atoms with E-state index in [1.54, 1.807) is 18.8 Å². The monoisotopic (exact) mass is 260 g/mol. The van der Waals surface area contributed by atoms with Gasteiger partial charge in [-0.15, -0.1) is 0 Å². The summed E-state index contributed by atoms with van der Waals surface area (Å²) in [5.41, 5.74) is 1.89. The maximum Gasteiger partial charge on any atom is 0.532 e. The van der Waals surface area contributed by atoms with E-state index in [2.05, 4.69) is 0 Å². The average molecular weight is 260 g/mol. The molecule has 0 saturated carbocycles. The number of furan rings is 2. The average Bonchev–Trinajstić information content (AvgIpc) is 3.00. The summed E-state index contributed by atoms with van der Waals surface area (Å²) in [7, 11) is -0.467. The van der Waals surface area contributed by atoms with Crippen molar-refractivity contribution in [1.82, 2.24) is 0 Å². The standard InChI is InChI=1S/C14H17BO4/c1-13(2)14(3,4)19-15(18-13)12-7-11(9-17-12)10-5-6-16-8-10/h5-9H,1-4H3. The second-order valence-corrected chi connectivity index (χ2v) is 5.84. The van der Waals surface area contributed by atoms with Gasteiger partial charge in [0, 0.05) is 11.1 Å². The van der Waals surface area contributed by atoms with Gasteiger partial charge in [-0.25, -0.2) is 0 Å². The zero-order chi connectivity index (χ0) is 13.7. The molecule has 0 aliphatic carbocycles. The lowest BCUT2D eigenvalue weighted by molar-refractivity contribution is 0.00578. The number of hydrogen-bond donors (Lipinski definition) is 0. The molecule has 1 aliphatic heterocycles. The zero-order valence-corrected chi connectivity index (χ0v) is 11.6. The van der Waals surface area contributed by atoms with Crippen molar-refractivity contribution < 1.29 is 18.1 Å². The summed E-state index contributed by atoms with van der Waals surface area (Å²) in [6.07, 6.45) is 5.00. The summed E-state index contributed by atoms with van der Waals surface area (Å²) in [5, 5.41) is 0. The van der Waals surface area contributed by atoms with Crippen molar-refractivity contribution in [2.24, 2.45) is 0 Å². The third-order valence-electron chi connectivity index (χ3n) is 3.96. The Kier molecular flexibility index (Phi) is 2.66. The van der Waals surface area contributed by atoms with Crippen LogP contribution in [0.5, 0.6) is 0 Å². The Bertz CT molecular complexity index is 552. The fourth-order valence-electron chi connectivity index (χ4n) is 2.02. The third-order valence-corrected chi connectivity index (χ3v) is 3.96. The molecule has 0 bridgehead atoms. The third kappa shape index (κ3) is 2.03. The van der Waals surface area contributed by atoms with Crippen LogP contribution in [0.25, 0.3) is 11.1 Å². The van der Waals surface area contributed by atoms with Gasteiger partial charge in [-0.1, -0.05) is 0 Å². The Morgan fingerprint density at radius 2 is 1.63 bits per heavy atom. The maximum absolute atomic E-state index is 5.94. The Hall–Kier alpha value is -1.46. The normalized spacial score (nSPS) is 20.9. The van der Waals surface area contributed by atoms with E-state index in [4.69, 9.17) is 18.1 Å². The molecule has 2 aromatic rings. The van der Waals surface area contributed by atoms with Crippen LogP contribution in [0.1, 0.15) is 27.7 Å². The second-order valence-electron chi connectivity index (χ2n) is 5.84. The van der Waals surface area contributed by atoms with Crippen molar-refractivity contribution in [2.45, 2.75) is 38.9 Å². The van der Waals surface area contributed by atoms with Gasteiger partial charge in [0.25, 0.3) is 0 Å². The summed E-state index contributed by atoms with van der Waals surface area (Å²) in [6.45, 7) is 8.08. The Balaban J connectivity index is 1.85. The first kappa shape index (κ1) is 12.6. The molecular weight excluding hydrogens is 243 g/mol. The minimum Gasteiger partial charge on any atom is -0.472 e. The van der Waals surface area contributed by atoms with E-state index in [-0.39, 0.29) is 11.2 Å². The second kappa shape index (κ2) is 4.02. The molecule has 5 heteroatoms. The van der Waals surface area contributed by atoms with E-state index in [1.807, 2.05) is 39.8 Å². The van der Waals surface area contributed by atoms with E-state index < -0.39 is 7.12 Å². The molecule has 0 unspecified atom stereocenters. The van der Waals surface area contributed by atoms with E-state index in [9.17, 15) is 0 Å². The lowest BCUT2D eigenvalue weighted by atomic mass is 9.86. The highest BCUT2D eigenvalue weighted by atomic mass is 16.7. The molecule has 0 radical (unpaired) electrons. The molecule has 0 atom stereocenters. The molecule has 2 aromatic heterocycles. The van der Waals surface area contributed by atoms with Crippen LogP contribution < -0.4 is 5.66 Å². The summed E-state index contributed by atoms with van der Waals surface area (Å²) < 4.78 is 22.5. The molecule has 1 aliphatic rings. The highest BCUT2D eigenvalue weighted by molar-refractivity contribution is 6.60. The largest absolute Gasteiger partial charge is 0.532 e. The van der Waals surface area contributed by atoms with Crippen LogP contribution >= 0.6 is 0 Å². The van der Waals surface area contributed by atoms with Crippen LogP contribution in [0.3, 0.4) is 0 Å². The first-order valence-corrected chi connectivity index (χ1v) is 6.36. The summed E-state index contributed by atoms with van der Waals surface area (Å²) >= 11 is 0. The van der Waals surface area contributed by atoms with Crippen molar-refractivity contribution in [3.8, 4) is 11.1 Å². The Morgan fingerprint density at radius 1 is 0.947 bits per heavy atom. The number of rotatable bonds is 2. The van der Waals surface area contributed by atoms with E-state index >= 15 is 0 Å². The number of hydrogen-bond acceptors (Lipinski definition) is 4.